The molecule has 0 bridgehead atoms. The summed E-state index contributed by atoms with van der Waals surface area (Å²) in [6, 6.07) is 14.3. The van der Waals surface area contributed by atoms with Gasteiger partial charge in [0.15, 0.2) is 0 Å². The van der Waals surface area contributed by atoms with E-state index in [0.717, 1.165) is 10.0 Å². The molecule has 0 N–H and O–H groups in total. The van der Waals surface area contributed by atoms with Gasteiger partial charge >= 0.3 is 0 Å². The summed E-state index contributed by atoms with van der Waals surface area (Å²) in [5.41, 5.74) is 1.43. The molecule has 0 atom stereocenters. The lowest BCUT2D eigenvalue weighted by atomic mass is 10.2. The standard InChI is InChI=1S/C17H15BrFNO/c1-20(12-13-5-3-2-4-6-13)17(21)10-7-14-11-15(18)8-9-16(14)19/h2-11H,12H2,1H3/b10-7+. The molecule has 108 valence electrons. The predicted octanol–water partition coefficient (Wildman–Crippen LogP) is 4.26. The third kappa shape index (κ3) is 4.53. The Morgan fingerprint density at radius 2 is 1.95 bits per heavy atom. The summed E-state index contributed by atoms with van der Waals surface area (Å²) in [7, 11) is 1.72. The Morgan fingerprint density at radius 3 is 2.67 bits per heavy atom. The van der Waals surface area contributed by atoms with E-state index >= 15 is 0 Å². The van der Waals surface area contributed by atoms with Crippen LogP contribution in [0.5, 0.6) is 0 Å². The van der Waals surface area contributed by atoms with E-state index < -0.39 is 0 Å². The number of carbonyl (C=O) groups excluding carboxylic acids is 1. The predicted molar refractivity (Wildman–Crippen MR) is 86.1 cm³/mol. The average molecular weight is 348 g/mol. The minimum absolute atomic E-state index is 0.168. The number of carbonyl (C=O) groups is 1. The average Bonchev–Trinajstić information content (AvgIpc) is 2.49. The summed E-state index contributed by atoms with van der Waals surface area (Å²) < 4.78 is 14.3. The van der Waals surface area contributed by atoms with Gasteiger partial charge in [-0.15, -0.1) is 0 Å². The largest absolute Gasteiger partial charge is 0.338 e. The van der Waals surface area contributed by atoms with Crippen LogP contribution in [-0.4, -0.2) is 17.9 Å². The Morgan fingerprint density at radius 1 is 1.24 bits per heavy atom. The van der Waals surface area contributed by atoms with Gasteiger partial charge in [-0.3, -0.25) is 4.79 Å². The zero-order chi connectivity index (χ0) is 15.2. The smallest absolute Gasteiger partial charge is 0.246 e. The Kier molecular flexibility index (Phi) is 5.28. The first-order chi connectivity index (χ1) is 10.1. The molecule has 0 fully saturated rings. The molecule has 0 aliphatic rings. The lowest BCUT2D eigenvalue weighted by Gasteiger charge is -2.15. The van der Waals surface area contributed by atoms with Crippen LogP contribution in [0.4, 0.5) is 4.39 Å². The van der Waals surface area contributed by atoms with Gasteiger partial charge in [0.2, 0.25) is 5.91 Å². The van der Waals surface area contributed by atoms with Crippen LogP contribution >= 0.6 is 15.9 Å². The van der Waals surface area contributed by atoms with E-state index in [9.17, 15) is 9.18 Å². The molecule has 0 heterocycles. The molecular formula is C17H15BrFNO. The topological polar surface area (TPSA) is 20.3 Å². The van der Waals surface area contributed by atoms with Crippen molar-refractivity contribution in [3.63, 3.8) is 0 Å². The van der Waals surface area contributed by atoms with E-state index in [2.05, 4.69) is 15.9 Å². The van der Waals surface area contributed by atoms with Crippen LogP contribution < -0.4 is 0 Å². The van der Waals surface area contributed by atoms with Gasteiger partial charge in [0, 0.05) is 29.7 Å². The molecule has 0 aliphatic carbocycles. The number of nitrogens with zero attached hydrogens (tertiary/aromatic N) is 1. The molecule has 0 saturated heterocycles. The number of rotatable bonds is 4. The highest BCUT2D eigenvalue weighted by Gasteiger charge is 2.06. The Hall–Kier alpha value is -1.94. The van der Waals surface area contributed by atoms with Crippen LogP contribution in [0.15, 0.2) is 59.1 Å². The van der Waals surface area contributed by atoms with Gasteiger partial charge < -0.3 is 4.90 Å². The van der Waals surface area contributed by atoms with Crippen LogP contribution in [0.3, 0.4) is 0 Å². The van der Waals surface area contributed by atoms with E-state index in [1.54, 1.807) is 24.1 Å². The summed E-state index contributed by atoms with van der Waals surface area (Å²) in [6.45, 7) is 0.519. The molecule has 1 amide bonds. The van der Waals surface area contributed by atoms with Gasteiger partial charge in [-0.2, -0.15) is 0 Å². The molecule has 2 aromatic rings. The highest BCUT2D eigenvalue weighted by atomic mass is 79.9. The van der Waals surface area contributed by atoms with Gasteiger partial charge in [-0.05, 0) is 29.8 Å². The molecule has 0 aliphatic heterocycles. The van der Waals surface area contributed by atoms with Crippen LogP contribution in [0, 0.1) is 5.82 Å². The molecule has 2 aromatic carbocycles. The zero-order valence-electron chi connectivity index (χ0n) is 11.6. The maximum atomic E-state index is 13.6. The van der Waals surface area contributed by atoms with Crippen molar-refractivity contribution < 1.29 is 9.18 Å². The van der Waals surface area contributed by atoms with Crippen LogP contribution in [0.25, 0.3) is 6.08 Å². The first-order valence-corrected chi connectivity index (χ1v) is 7.28. The molecule has 0 radical (unpaired) electrons. The van der Waals surface area contributed by atoms with Crippen LogP contribution in [-0.2, 0) is 11.3 Å². The fraction of sp³-hybridized carbons (Fsp3) is 0.118. The van der Waals surface area contributed by atoms with Crippen molar-refractivity contribution in [2.75, 3.05) is 7.05 Å². The van der Waals surface area contributed by atoms with E-state index in [1.807, 2.05) is 30.3 Å². The minimum atomic E-state index is -0.354. The number of hydrogen-bond donors (Lipinski definition) is 0. The van der Waals surface area contributed by atoms with Crippen molar-refractivity contribution in [2.45, 2.75) is 6.54 Å². The Bertz CT molecular complexity index is 655. The highest BCUT2D eigenvalue weighted by Crippen LogP contribution is 2.17. The third-order valence-corrected chi connectivity index (χ3v) is 3.50. The highest BCUT2D eigenvalue weighted by molar-refractivity contribution is 9.10. The normalized spacial score (nSPS) is 10.8. The van der Waals surface area contributed by atoms with E-state index in [-0.39, 0.29) is 11.7 Å². The molecular weight excluding hydrogens is 333 g/mol. The summed E-state index contributed by atoms with van der Waals surface area (Å²) >= 11 is 3.28. The molecule has 4 heteroatoms. The second kappa shape index (κ2) is 7.18. The fourth-order valence-electron chi connectivity index (χ4n) is 1.87. The van der Waals surface area contributed by atoms with Crippen molar-refractivity contribution in [3.8, 4) is 0 Å². The quantitative estimate of drug-likeness (QED) is 0.756. The van der Waals surface area contributed by atoms with Gasteiger partial charge in [0.1, 0.15) is 5.82 Å². The number of likely N-dealkylation sites (N-methyl/N-ethyl adjacent to an activating group) is 1. The Labute approximate surface area is 132 Å². The van der Waals surface area contributed by atoms with Crippen molar-refractivity contribution in [1.29, 1.82) is 0 Å². The van der Waals surface area contributed by atoms with E-state index in [0.29, 0.717) is 12.1 Å². The second-order valence-electron chi connectivity index (χ2n) is 4.68. The SMILES string of the molecule is CN(Cc1ccccc1)C(=O)/C=C/c1cc(Br)ccc1F. The maximum Gasteiger partial charge on any atom is 0.246 e. The second-order valence-corrected chi connectivity index (χ2v) is 5.59. The first-order valence-electron chi connectivity index (χ1n) is 6.48. The Balaban J connectivity index is 2.03. The third-order valence-electron chi connectivity index (χ3n) is 3.00. The summed E-state index contributed by atoms with van der Waals surface area (Å²) in [6.07, 6.45) is 2.87. The van der Waals surface area contributed by atoms with Crippen molar-refractivity contribution in [2.24, 2.45) is 0 Å². The molecule has 0 spiro atoms. The lowest BCUT2D eigenvalue weighted by Crippen LogP contribution is -2.24. The van der Waals surface area contributed by atoms with Gasteiger partial charge in [0.05, 0.1) is 0 Å². The van der Waals surface area contributed by atoms with Crippen LogP contribution in [0.1, 0.15) is 11.1 Å². The van der Waals surface area contributed by atoms with Gasteiger partial charge in [-0.25, -0.2) is 4.39 Å². The summed E-state index contributed by atoms with van der Waals surface area (Å²) in [4.78, 5) is 13.6. The molecule has 21 heavy (non-hydrogen) atoms. The van der Waals surface area contributed by atoms with E-state index in [1.165, 1.54) is 18.2 Å². The number of halogens is 2. The van der Waals surface area contributed by atoms with E-state index in [4.69, 9.17) is 0 Å². The van der Waals surface area contributed by atoms with Gasteiger partial charge in [0.25, 0.3) is 0 Å². The molecule has 2 nitrogen and oxygen atoms in total. The number of benzene rings is 2. The zero-order valence-corrected chi connectivity index (χ0v) is 13.2. The van der Waals surface area contributed by atoms with Crippen molar-refractivity contribution in [3.05, 3.63) is 76.0 Å². The maximum absolute atomic E-state index is 13.6. The summed E-state index contributed by atoms with van der Waals surface area (Å²) in [5.74, 6) is -0.522. The minimum Gasteiger partial charge on any atom is -0.338 e. The van der Waals surface area contributed by atoms with Crippen LogP contribution in [0.2, 0.25) is 0 Å². The monoisotopic (exact) mass is 347 g/mol. The fourth-order valence-corrected chi connectivity index (χ4v) is 2.24. The molecule has 2 rings (SSSR count). The van der Waals surface area contributed by atoms with Crippen molar-refractivity contribution >= 4 is 27.9 Å². The summed E-state index contributed by atoms with van der Waals surface area (Å²) in [5, 5.41) is 0. The van der Waals surface area contributed by atoms with Crippen molar-refractivity contribution in [1.82, 2.24) is 4.90 Å². The lowest BCUT2D eigenvalue weighted by molar-refractivity contribution is -0.125. The first kappa shape index (κ1) is 15.4. The molecule has 0 unspecified atom stereocenters. The number of hydrogen-bond acceptors (Lipinski definition) is 1. The number of amides is 1. The van der Waals surface area contributed by atoms with Gasteiger partial charge in [-0.1, -0.05) is 46.3 Å². The molecule has 0 saturated carbocycles. The molecule has 0 aromatic heterocycles.